The SMILES string of the molecule is Cc1cc([C@H]2[C@H](c3ccccn3)NC(=S)N2CCCN2CCOCC2)c(C)n1-c1ccccc1Br. The van der Waals surface area contributed by atoms with Crippen molar-refractivity contribution in [1.29, 1.82) is 0 Å². The fraction of sp³-hybridized carbons (Fsp3) is 0.407. The average Bonchev–Trinajstić information content (AvgIpc) is 3.35. The number of thiocarbonyl (C=S) groups is 1. The normalized spacial score (nSPS) is 20.9. The molecule has 2 saturated heterocycles. The van der Waals surface area contributed by atoms with Crippen LogP contribution in [0, 0.1) is 13.8 Å². The van der Waals surface area contributed by atoms with Gasteiger partial charge in [-0.05, 0) is 84.3 Å². The van der Waals surface area contributed by atoms with Crippen LogP contribution in [-0.2, 0) is 4.74 Å². The molecule has 1 aromatic carbocycles. The summed E-state index contributed by atoms with van der Waals surface area (Å²) in [7, 11) is 0. The van der Waals surface area contributed by atoms with Crippen molar-refractivity contribution in [3.05, 3.63) is 81.8 Å². The Labute approximate surface area is 221 Å². The van der Waals surface area contributed by atoms with Gasteiger partial charge in [-0.15, -0.1) is 0 Å². The van der Waals surface area contributed by atoms with Gasteiger partial charge in [-0.2, -0.15) is 0 Å². The molecule has 8 heteroatoms. The zero-order valence-corrected chi connectivity index (χ0v) is 22.7. The van der Waals surface area contributed by atoms with Crippen molar-refractivity contribution in [3.63, 3.8) is 0 Å². The van der Waals surface area contributed by atoms with Crippen LogP contribution in [0.1, 0.15) is 41.1 Å². The summed E-state index contributed by atoms with van der Waals surface area (Å²) in [5, 5.41) is 4.41. The number of rotatable bonds is 7. The summed E-state index contributed by atoms with van der Waals surface area (Å²) >= 11 is 9.65. The summed E-state index contributed by atoms with van der Waals surface area (Å²) in [5.74, 6) is 0. The minimum atomic E-state index is 0.000232. The highest BCUT2D eigenvalue weighted by Gasteiger charge is 2.41. The molecule has 0 unspecified atom stereocenters. The predicted molar refractivity (Wildman–Crippen MR) is 147 cm³/mol. The van der Waals surface area contributed by atoms with Crippen LogP contribution in [0.5, 0.6) is 0 Å². The minimum Gasteiger partial charge on any atom is -0.379 e. The first-order valence-corrected chi connectivity index (χ1v) is 13.5. The van der Waals surface area contributed by atoms with Crippen molar-refractivity contribution in [2.45, 2.75) is 32.4 Å². The highest BCUT2D eigenvalue weighted by Crippen LogP contribution is 2.41. The van der Waals surface area contributed by atoms with E-state index in [1.54, 1.807) is 0 Å². The summed E-state index contributed by atoms with van der Waals surface area (Å²) in [6.07, 6.45) is 2.92. The number of aryl methyl sites for hydroxylation is 1. The van der Waals surface area contributed by atoms with Crippen molar-refractivity contribution in [2.24, 2.45) is 0 Å². The second kappa shape index (κ2) is 10.8. The number of hydrogen-bond donors (Lipinski definition) is 1. The van der Waals surface area contributed by atoms with Gasteiger partial charge >= 0.3 is 0 Å². The Morgan fingerprint density at radius 3 is 2.60 bits per heavy atom. The summed E-state index contributed by atoms with van der Waals surface area (Å²) in [4.78, 5) is 9.57. The van der Waals surface area contributed by atoms with E-state index in [2.05, 4.69) is 91.9 Å². The van der Waals surface area contributed by atoms with Crippen molar-refractivity contribution in [2.75, 3.05) is 39.4 Å². The van der Waals surface area contributed by atoms with Crippen LogP contribution in [0.15, 0.2) is 59.2 Å². The molecular weight excluding hydrogens is 522 g/mol. The lowest BCUT2D eigenvalue weighted by atomic mass is 9.96. The van der Waals surface area contributed by atoms with Gasteiger partial charge < -0.3 is 19.5 Å². The highest BCUT2D eigenvalue weighted by atomic mass is 79.9. The number of hydrogen-bond acceptors (Lipinski definition) is 4. The number of nitrogens with zero attached hydrogens (tertiary/aromatic N) is 4. The van der Waals surface area contributed by atoms with Crippen LogP contribution >= 0.6 is 28.1 Å². The third-order valence-corrected chi connectivity index (χ3v) is 8.08. The monoisotopic (exact) mass is 553 g/mol. The maximum absolute atomic E-state index is 5.90. The van der Waals surface area contributed by atoms with Gasteiger partial charge in [-0.25, -0.2) is 0 Å². The second-order valence-corrected chi connectivity index (χ2v) is 10.5. The number of para-hydroxylation sites is 1. The van der Waals surface area contributed by atoms with E-state index in [-0.39, 0.29) is 12.1 Å². The molecule has 0 aliphatic carbocycles. The van der Waals surface area contributed by atoms with Gasteiger partial charge in [0.25, 0.3) is 0 Å². The Bertz CT molecular complexity index is 1180. The van der Waals surface area contributed by atoms with Crippen molar-refractivity contribution in [1.82, 2.24) is 24.7 Å². The minimum absolute atomic E-state index is 0.000232. The summed E-state index contributed by atoms with van der Waals surface area (Å²) in [5.41, 5.74) is 5.88. The Balaban J connectivity index is 1.48. The number of nitrogens with one attached hydrogen (secondary N) is 1. The highest BCUT2D eigenvalue weighted by molar-refractivity contribution is 9.10. The first kappa shape index (κ1) is 24.4. The molecule has 0 radical (unpaired) electrons. The number of aromatic nitrogens is 2. The summed E-state index contributed by atoms with van der Waals surface area (Å²) < 4.78 is 8.93. The molecule has 2 aliphatic heterocycles. The topological polar surface area (TPSA) is 45.6 Å². The zero-order valence-electron chi connectivity index (χ0n) is 20.3. The molecule has 2 aliphatic rings. The first-order valence-electron chi connectivity index (χ1n) is 12.3. The standard InChI is InChI=1S/C27H32BrN5OS/c1-19-18-21(20(2)33(19)24-10-4-3-8-22(24)28)26-25(23-9-5-6-11-29-23)30-27(35)32(26)13-7-12-31-14-16-34-17-15-31/h3-6,8-11,18,25-26H,7,12-17H2,1-2H3,(H,30,35)/t25-,26-/m0/s1. The Hall–Kier alpha value is -2.26. The van der Waals surface area contributed by atoms with E-state index in [0.717, 1.165) is 66.8 Å². The number of benzene rings is 1. The van der Waals surface area contributed by atoms with Gasteiger partial charge in [-0.3, -0.25) is 9.88 Å². The first-order chi connectivity index (χ1) is 17.0. The molecule has 2 aromatic heterocycles. The molecule has 0 saturated carbocycles. The summed E-state index contributed by atoms with van der Waals surface area (Å²) in [6.45, 7) is 10.0. The maximum Gasteiger partial charge on any atom is 0.170 e. The smallest absolute Gasteiger partial charge is 0.170 e. The molecule has 0 bridgehead atoms. The van der Waals surface area contributed by atoms with E-state index < -0.39 is 0 Å². The van der Waals surface area contributed by atoms with Gasteiger partial charge in [0.1, 0.15) is 0 Å². The Kier molecular flexibility index (Phi) is 7.53. The van der Waals surface area contributed by atoms with E-state index in [1.807, 2.05) is 12.3 Å². The predicted octanol–water partition coefficient (Wildman–Crippen LogP) is 4.95. The van der Waals surface area contributed by atoms with Crippen LogP contribution in [0.3, 0.4) is 0 Å². The van der Waals surface area contributed by atoms with E-state index >= 15 is 0 Å². The van der Waals surface area contributed by atoms with Gasteiger partial charge in [-0.1, -0.05) is 18.2 Å². The fourth-order valence-electron chi connectivity index (χ4n) is 5.37. The number of halogens is 1. The van der Waals surface area contributed by atoms with E-state index in [9.17, 15) is 0 Å². The van der Waals surface area contributed by atoms with Crippen LogP contribution in [0.2, 0.25) is 0 Å². The van der Waals surface area contributed by atoms with Crippen LogP contribution in [-0.4, -0.2) is 63.9 Å². The van der Waals surface area contributed by atoms with Gasteiger partial charge in [0.05, 0.1) is 36.7 Å². The lowest BCUT2D eigenvalue weighted by molar-refractivity contribution is 0.0365. The molecular formula is C27H32BrN5OS. The molecule has 35 heavy (non-hydrogen) atoms. The molecule has 184 valence electrons. The number of pyridine rings is 1. The van der Waals surface area contributed by atoms with E-state index in [0.29, 0.717) is 0 Å². The third-order valence-electron chi connectivity index (χ3n) is 7.06. The lowest BCUT2D eigenvalue weighted by Gasteiger charge is -2.30. The average molecular weight is 555 g/mol. The van der Waals surface area contributed by atoms with Gasteiger partial charge in [0.15, 0.2) is 5.11 Å². The quantitative estimate of drug-likeness (QED) is 0.418. The largest absolute Gasteiger partial charge is 0.379 e. The molecule has 1 N–H and O–H groups in total. The van der Waals surface area contributed by atoms with Crippen LogP contribution in [0.4, 0.5) is 0 Å². The third kappa shape index (κ3) is 5.03. The molecule has 3 aromatic rings. The van der Waals surface area contributed by atoms with Crippen molar-refractivity contribution in [3.8, 4) is 5.69 Å². The van der Waals surface area contributed by atoms with Crippen molar-refractivity contribution < 1.29 is 4.74 Å². The van der Waals surface area contributed by atoms with Gasteiger partial charge in [0, 0.05) is 48.2 Å². The second-order valence-electron chi connectivity index (χ2n) is 9.24. The summed E-state index contributed by atoms with van der Waals surface area (Å²) in [6, 6.07) is 16.9. The molecule has 5 rings (SSSR count). The van der Waals surface area contributed by atoms with E-state index in [1.165, 1.54) is 17.0 Å². The molecule has 2 atom stereocenters. The van der Waals surface area contributed by atoms with E-state index in [4.69, 9.17) is 21.9 Å². The van der Waals surface area contributed by atoms with Crippen LogP contribution in [0.25, 0.3) is 5.69 Å². The maximum atomic E-state index is 5.90. The fourth-order valence-corrected chi connectivity index (χ4v) is 6.16. The van der Waals surface area contributed by atoms with Crippen LogP contribution < -0.4 is 5.32 Å². The molecule has 0 amide bonds. The zero-order chi connectivity index (χ0) is 24.4. The number of ether oxygens (including phenoxy) is 1. The van der Waals surface area contributed by atoms with Crippen molar-refractivity contribution >= 4 is 33.3 Å². The Morgan fingerprint density at radius 1 is 1.09 bits per heavy atom. The molecule has 2 fully saturated rings. The molecule has 6 nitrogen and oxygen atoms in total. The van der Waals surface area contributed by atoms with Gasteiger partial charge in [0.2, 0.25) is 0 Å². The molecule has 0 spiro atoms. The molecule has 4 heterocycles. The lowest BCUT2D eigenvalue weighted by Crippen LogP contribution is -2.39. The number of morpholine rings is 1. The Morgan fingerprint density at radius 2 is 1.86 bits per heavy atom.